The van der Waals surface area contributed by atoms with Gasteiger partial charge in [-0.3, -0.25) is 9.47 Å². The van der Waals surface area contributed by atoms with Crippen LogP contribution in [0.1, 0.15) is 43.8 Å². The van der Waals surface area contributed by atoms with Crippen molar-refractivity contribution in [2.75, 3.05) is 26.2 Å². The fourth-order valence-corrected chi connectivity index (χ4v) is 3.98. The molecule has 0 amide bonds. The molecule has 3 aromatic rings. The van der Waals surface area contributed by atoms with Crippen LogP contribution in [0.2, 0.25) is 0 Å². The highest BCUT2D eigenvalue weighted by atomic mass is 16.3. The average molecular weight is 422 g/mol. The predicted molar refractivity (Wildman–Crippen MR) is 121 cm³/mol. The van der Waals surface area contributed by atoms with Crippen LogP contribution < -0.4 is 10.6 Å². The van der Waals surface area contributed by atoms with Gasteiger partial charge in [-0.15, -0.1) is 10.2 Å². The van der Waals surface area contributed by atoms with E-state index in [0.29, 0.717) is 6.54 Å². The van der Waals surface area contributed by atoms with E-state index in [2.05, 4.69) is 38.7 Å². The Kier molecular flexibility index (Phi) is 7.33. The van der Waals surface area contributed by atoms with Gasteiger partial charge in [-0.2, -0.15) is 0 Å². The van der Waals surface area contributed by atoms with Crippen molar-refractivity contribution in [2.45, 2.75) is 38.8 Å². The summed E-state index contributed by atoms with van der Waals surface area (Å²) < 4.78 is 7.73. The van der Waals surface area contributed by atoms with Crippen molar-refractivity contribution < 1.29 is 4.42 Å². The highest BCUT2D eigenvalue weighted by Gasteiger charge is 2.24. The van der Waals surface area contributed by atoms with Crippen molar-refractivity contribution in [3.8, 4) is 5.69 Å². The van der Waals surface area contributed by atoms with Crippen LogP contribution in [0.5, 0.6) is 0 Å². The van der Waals surface area contributed by atoms with Gasteiger partial charge in [-0.1, -0.05) is 24.6 Å². The first kappa shape index (κ1) is 21.1. The van der Waals surface area contributed by atoms with Crippen LogP contribution in [0.15, 0.2) is 64.5 Å². The molecule has 2 aromatic heterocycles. The van der Waals surface area contributed by atoms with Gasteiger partial charge in [-0.05, 0) is 57.1 Å². The number of aliphatic imine (C=N–C) groups is 1. The lowest BCUT2D eigenvalue weighted by atomic mass is 10.1. The van der Waals surface area contributed by atoms with Crippen molar-refractivity contribution in [1.29, 1.82) is 0 Å². The largest absolute Gasteiger partial charge is 0.468 e. The summed E-state index contributed by atoms with van der Waals surface area (Å²) in [4.78, 5) is 7.27. The molecule has 4 rings (SSSR count). The van der Waals surface area contributed by atoms with Crippen molar-refractivity contribution in [3.63, 3.8) is 0 Å². The minimum Gasteiger partial charge on any atom is -0.468 e. The third kappa shape index (κ3) is 5.52. The van der Waals surface area contributed by atoms with E-state index < -0.39 is 0 Å². The molecule has 2 N–H and O–H groups in total. The molecule has 0 spiro atoms. The molecule has 1 saturated heterocycles. The van der Waals surface area contributed by atoms with Crippen LogP contribution in [0.3, 0.4) is 0 Å². The number of aromatic nitrogens is 3. The van der Waals surface area contributed by atoms with Crippen molar-refractivity contribution in [1.82, 2.24) is 30.3 Å². The Morgan fingerprint density at radius 1 is 1.10 bits per heavy atom. The normalized spacial score (nSPS) is 16.2. The van der Waals surface area contributed by atoms with Crippen molar-refractivity contribution in [3.05, 3.63) is 66.6 Å². The number of rotatable bonds is 8. The number of piperidine rings is 1. The summed E-state index contributed by atoms with van der Waals surface area (Å²) in [6.45, 7) is 6.20. The van der Waals surface area contributed by atoms with Gasteiger partial charge in [0.1, 0.15) is 18.6 Å². The lowest BCUT2D eigenvalue weighted by molar-refractivity contribution is 0.146. The van der Waals surface area contributed by atoms with E-state index in [4.69, 9.17) is 9.41 Å². The van der Waals surface area contributed by atoms with Gasteiger partial charge in [-0.25, -0.2) is 4.99 Å². The van der Waals surface area contributed by atoms with E-state index in [1.807, 2.05) is 41.0 Å². The van der Waals surface area contributed by atoms with Gasteiger partial charge >= 0.3 is 0 Å². The summed E-state index contributed by atoms with van der Waals surface area (Å²) in [5.41, 5.74) is 1.03. The third-order valence-electron chi connectivity index (χ3n) is 5.54. The van der Waals surface area contributed by atoms with Gasteiger partial charge in [0.25, 0.3) is 0 Å². The number of para-hydroxylation sites is 1. The second kappa shape index (κ2) is 10.8. The molecule has 1 aliphatic heterocycles. The van der Waals surface area contributed by atoms with Gasteiger partial charge in [0.15, 0.2) is 11.8 Å². The molecule has 8 nitrogen and oxygen atoms in total. The second-order valence-corrected chi connectivity index (χ2v) is 7.66. The van der Waals surface area contributed by atoms with Gasteiger partial charge in [0.2, 0.25) is 0 Å². The second-order valence-electron chi connectivity index (χ2n) is 7.66. The highest BCUT2D eigenvalue weighted by Crippen LogP contribution is 2.24. The minimum absolute atomic E-state index is 0.187. The minimum atomic E-state index is 0.187. The Bertz CT molecular complexity index is 930. The zero-order chi connectivity index (χ0) is 21.3. The smallest absolute Gasteiger partial charge is 0.191 e. The molecule has 0 radical (unpaired) electrons. The van der Waals surface area contributed by atoms with E-state index in [1.54, 1.807) is 12.6 Å². The van der Waals surface area contributed by atoms with E-state index in [9.17, 15) is 0 Å². The maximum absolute atomic E-state index is 5.76. The molecule has 1 atom stereocenters. The molecule has 8 heteroatoms. The lowest BCUT2D eigenvalue weighted by Gasteiger charge is -2.33. The molecule has 1 aliphatic rings. The topological polar surface area (TPSA) is 83.5 Å². The van der Waals surface area contributed by atoms with E-state index in [-0.39, 0.29) is 6.04 Å². The molecule has 0 saturated carbocycles. The van der Waals surface area contributed by atoms with E-state index >= 15 is 0 Å². The molecule has 1 fully saturated rings. The zero-order valence-electron chi connectivity index (χ0n) is 18.1. The number of nitrogens with zero attached hydrogens (tertiary/aromatic N) is 5. The van der Waals surface area contributed by atoms with Gasteiger partial charge in [0.05, 0.1) is 12.3 Å². The Morgan fingerprint density at radius 2 is 1.94 bits per heavy atom. The third-order valence-corrected chi connectivity index (χ3v) is 5.54. The van der Waals surface area contributed by atoms with Crippen molar-refractivity contribution in [2.24, 2.45) is 4.99 Å². The number of benzene rings is 1. The monoisotopic (exact) mass is 421 g/mol. The number of hydrogen-bond acceptors (Lipinski definition) is 5. The summed E-state index contributed by atoms with van der Waals surface area (Å²) in [5.74, 6) is 2.55. The SMILES string of the molecule is CCNC(=NCc1nncn1-c1ccccc1)NCC(c1ccco1)N1CCCCC1. The molecular weight excluding hydrogens is 390 g/mol. The Labute approximate surface area is 183 Å². The zero-order valence-corrected chi connectivity index (χ0v) is 18.1. The summed E-state index contributed by atoms with van der Waals surface area (Å²) in [6, 6.07) is 14.3. The van der Waals surface area contributed by atoms with Crippen LogP contribution in [-0.4, -0.2) is 51.8 Å². The number of nitrogens with one attached hydrogen (secondary N) is 2. The highest BCUT2D eigenvalue weighted by molar-refractivity contribution is 5.79. The van der Waals surface area contributed by atoms with Crippen LogP contribution >= 0.6 is 0 Å². The molecule has 164 valence electrons. The van der Waals surface area contributed by atoms with Gasteiger partial charge < -0.3 is 15.1 Å². The van der Waals surface area contributed by atoms with Gasteiger partial charge in [0, 0.05) is 18.8 Å². The molecule has 1 unspecified atom stereocenters. The summed E-state index contributed by atoms with van der Waals surface area (Å²) in [7, 11) is 0. The maximum atomic E-state index is 5.76. The van der Waals surface area contributed by atoms with E-state index in [0.717, 1.165) is 49.4 Å². The fraction of sp³-hybridized carbons (Fsp3) is 0.435. The Morgan fingerprint density at radius 3 is 2.68 bits per heavy atom. The first-order chi connectivity index (χ1) is 15.3. The molecule has 1 aromatic carbocycles. The summed E-state index contributed by atoms with van der Waals surface area (Å²) >= 11 is 0. The standard InChI is InChI=1S/C23H31N7O/c1-2-24-23(26-17-22-28-27-18-30(22)19-10-5-3-6-11-19)25-16-20(21-12-9-15-31-21)29-13-7-4-8-14-29/h3,5-6,9-12,15,18,20H,2,4,7-8,13-14,16-17H2,1H3,(H2,24,25,26). The number of guanidine groups is 1. The number of hydrogen-bond donors (Lipinski definition) is 2. The summed E-state index contributed by atoms with van der Waals surface area (Å²) in [6.07, 6.45) is 7.26. The predicted octanol–water partition coefficient (Wildman–Crippen LogP) is 3.14. The van der Waals surface area contributed by atoms with Crippen LogP contribution in [0, 0.1) is 0 Å². The van der Waals surface area contributed by atoms with Crippen LogP contribution in [-0.2, 0) is 6.54 Å². The van der Waals surface area contributed by atoms with Crippen LogP contribution in [0.4, 0.5) is 0 Å². The lowest BCUT2D eigenvalue weighted by Crippen LogP contribution is -2.44. The average Bonchev–Trinajstić information content (AvgIpc) is 3.51. The van der Waals surface area contributed by atoms with Crippen LogP contribution in [0.25, 0.3) is 5.69 Å². The number of likely N-dealkylation sites (tertiary alicyclic amines) is 1. The molecule has 0 bridgehead atoms. The fourth-order valence-electron chi connectivity index (χ4n) is 3.98. The maximum Gasteiger partial charge on any atom is 0.191 e. The number of furan rings is 1. The quantitative estimate of drug-likeness (QED) is 0.429. The molecular formula is C23H31N7O. The molecule has 0 aliphatic carbocycles. The summed E-state index contributed by atoms with van der Waals surface area (Å²) in [5, 5.41) is 15.2. The Balaban J connectivity index is 1.45. The molecule has 3 heterocycles. The molecule has 31 heavy (non-hydrogen) atoms. The first-order valence-corrected chi connectivity index (χ1v) is 11.1. The van der Waals surface area contributed by atoms with Crippen molar-refractivity contribution >= 4 is 5.96 Å². The Hall–Kier alpha value is -3.13. The van der Waals surface area contributed by atoms with E-state index in [1.165, 1.54) is 19.3 Å². The first-order valence-electron chi connectivity index (χ1n) is 11.1.